The lowest BCUT2D eigenvalue weighted by Gasteiger charge is -2.47. The number of carbonyl (C=O) groups is 2. The van der Waals surface area contributed by atoms with E-state index in [4.69, 9.17) is 9.15 Å². The van der Waals surface area contributed by atoms with Crippen molar-refractivity contribution in [3.8, 4) is 5.75 Å². The van der Waals surface area contributed by atoms with Gasteiger partial charge < -0.3 is 23.7 Å². The van der Waals surface area contributed by atoms with Crippen molar-refractivity contribution < 1.29 is 41.0 Å². The summed E-state index contributed by atoms with van der Waals surface area (Å²) in [4.78, 5) is 42.2. The van der Waals surface area contributed by atoms with Crippen LogP contribution in [0, 0.1) is 11.2 Å². The third-order valence-electron chi connectivity index (χ3n) is 6.31. The molecule has 0 aliphatic carbocycles. The highest BCUT2D eigenvalue weighted by Crippen LogP contribution is 2.40. The number of ether oxygens (including phenoxy) is 2. The second kappa shape index (κ2) is 8.57. The van der Waals surface area contributed by atoms with Gasteiger partial charge in [-0.2, -0.15) is 0 Å². The number of halogens is 4. The van der Waals surface area contributed by atoms with Gasteiger partial charge >= 0.3 is 18.2 Å². The molecule has 0 bridgehead atoms. The van der Waals surface area contributed by atoms with E-state index >= 15 is 0 Å². The molecule has 36 heavy (non-hydrogen) atoms. The zero-order valence-corrected chi connectivity index (χ0v) is 18.6. The SMILES string of the molecule is O=C(OCc1ccc(OC(F)(F)F)cc1F)N1CCC2(C1)CN(C(=O)c1ccc3[nH]c(=O)oc3c1)C2. The fourth-order valence-corrected chi connectivity index (χ4v) is 4.59. The fraction of sp³-hybridized carbons (Fsp3) is 0.348. The molecule has 0 unspecified atom stereocenters. The summed E-state index contributed by atoms with van der Waals surface area (Å²) in [6.07, 6.45) is -4.98. The van der Waals surface area contributed by atoms with E-state index in [9.17, 15) is 31.9 Å². The molecule has 3 heterocycles. The fourth-order valence-electron chi connectivity index (χ4n) is 4.59. The van der Waals surface area contributed by atoms with E-state index in [2.05, 4.69) is 9.72 Å². The standard InChI is InChI=1S/C23H19F4N3O6/c24-16-8-15(36-23(25,26)27)3-1-14(16)9-34-21(33)29-6-5-22(10-29)11-30(12-22)19(31)13-2-4-17-18(7-13)35-20(32)28-17/h1-4,7-8H,5-6,9-12H2,(H,28,32). The van der Waals surface area contributed by atoms with Crippen molar-refractivity contribution in [1.29, 1.82) is 0 Å². The maximum Gasteiger partial charge on any atom is 0.573 e. The molecule has 13 heteroatoms. The lowest BCUT2D eigenvalue weighted by atomic mass is 9.78. The van der Waals surface area contributed by atoms with Crippen LogP contribution in [-0.2, 0) is 11.3 Å². The van der Waals surface area contributed by atoms with Gasteiger partial charge in [0.2, 0.25) is 0 Å². The summed E-state index contributed by atoms with van der Waals surface area (Å²) >= 11 is 0. The van der Waals surface area contributed by atoms with Gasteiger partial charge in [-0.15, -0.1) is 13.2 Å². The first-order chi connectivity index (χ1) is 17.0. The lowest BCUT2D eigenvalue weighted by Crippen LogP contribution is -2.59. The molecule has 2 aliphatic rings. The number of nitrogens with one attached hydrogen (secondary N) is 1. The molecule has 5 rings (SSSR count). The van der Waals surface area contributed by atoms with Crippen LogP contribution < -0.4 is 10.5 Å². The molecule has 2 fully saturated rings. The van der Waals surface area contributed by atoms with Crippen molar-refractivity contribution >= 4 is 23.1 Å². The molecule has 2 amide bonds. The zero-order valence-electron chi connectivity index (χ0n) is 18.6. The molecule has 190 valence electrons. The quantitative estimate of drug-likeness (QED) is 0.539. The molecule has 0 radical (unpaired) electrons. The number of carbonyl (C=O) groups excluding carboxylic acids is 2. The van der Waals surface area contributed by atoms with Crippen molar-refractivity contribution in [3.05, 3.63) is 63.9 Å². The Morgan fingerprint density at radius 1 is 1.08 bits per heavy atom. The molecule has 9 nitrogen and oxygen atoms in total. The van der Waals surface area contributed by atoms with Crippen molar-refractivity contribution in [2.45, 2.75) is 19.4 Å². The van der Waals surface area contributed by atoms with E-state index in [1.54, 1.807) is 17.0 Å². The highest BCUT2D eigenvalue weighted by molar-refractivity contribution is 5.97. The van der Waals surface area contributed by atoms with Gasteiger partial charge in [-0.05, 0) is 36.8 Å². The van der Waals surface area contributed by atoms with Crippen LogP contribution >= 0.6 is 0 Å². The van der Waals surface area contributed by atoms with Gasteiger partial charge in [-0.25, -0.2) is 14.0 Å². The summed E-state index contributed by atoms with van der Waals surface area (Å²) < 4.78 is 64.6. The van der Waals surface area contributed by atoms with Crippen LogP contribution in [0.15, 0.2) is 45.6 Å². The minimum absolute atomic E-state index is 0.0950. The molecule has 2 aromatic carbocycles. The van der Waals surface area contributed by atoms with Gasteiger partial charge in [0, 0.05) is 48.8 Å². The largest absolute Gasteiger partial charge is 0.573 e. The van der Waals surface area contributed by atoms with E-state index in [0.717, 1.165) is 12.1 Å². The molecule has 1 spiro atoms. The lowest BCUT2D eigenvalue weighted by molar-refractivity contribution is -0.274. The van der Waals surface area contributed by atoms with Crippen molar-refractivity contribution in [1.82, 2.24) is 14.8 Å². The summed E-state index contributed by atoms with van der Waals surface area (Å²) in [7, 11) is 0. The molecular formula is C23H19F4N3O6. The Morgan fingerprint density at radius 2 is 1.83 bits per heavy atom. The topological polar surface area (TPSA) is 105 Å². The number of likely N-dealkylation sites (tertiary alicyclic amines) is 2. The van der Waals surface area contributed by atoms with Gasteiger partial charge in [0.1, 0.15) is 18.2 Å². The number of H-pyrrole nitrogens is 1. The third kappa shape index (κ3) is 4.72. The molecule has 2 saturated heterocycles. The minimum atomic E-state index is -4.94. The number of hydrogen-bond acceptors (Lipinski definition) is 6. The van der Waals surface area contributed by atoms with Gasteiger partial charge in [-0.3, -0.25) is 9.78 Å². The normalized spacial score (nSPS) is 16.9. The molecule has 2 aliphatic heterocycles. The Morgan fingerprint density at radius 3 is 2.56 bits per heavy atom. The Balaban J connectivity index is 1.13. The molecule has 0 saturated carbocycles. The van der Waals surface area contributed by atoms with E-state index in [0.29, 0.717) is 49.7 Å². The predicted molar refractivity (Wildman–Crippen MR) is 115 cm³/mol. The van der Waals surface area contributed by atoms with Crippen LogP contribution in [0.3, 0.4) is 0 Å². The Labute approximate surface area is 200 Å². The maximum absolute atomic E-state index is 14.1. The van der Waals surface area contributed by atoms with Gasteiger partial charge in [0.15, 0.2) is 5.58 Å². The number of nitrogens with zero attached hydrogens (tertiary/aromatic N) is 2. The van der Waals surface area contributed by atoms with Crippen LogP contribution in [0.25, 0.3) is 11.1 Å². The smallest absolute Gasteiger partial charge is 0.444 e. The van der Waals surface area contributed by atoms with Gasteiger partial charge in [0.05, 0.1) is 5.52 Å². The summed E-state index contributed by atoms with van der Waals surface area (Å²) in [6, 6.07) is 7.26. The first-order valence-electron chi connectivity index (χ1n) is 10.9. The average molecular weight is 509 g/mol. The molecule has 1 aromatic heterocycles. The number of amides is 2. The number of oxazole rings is 1. The van der Waals surface area contributed by atoms with E-state index in [-0.39, 0.29) is 22.5 Å². The average Bonchev–Trinajstić information content (AvgIpc) is 3.38. The Hall–Kier alpha value is -4.03. The van der Waals surface area contributed by atoms with Gasteiger partial charge in [-0.1, -0.05) is 0 Å². The minimum Gasteiger partial charge on any atom is -0.444 e. The highest BCUT2D eigenvalue weighted by Gasteiger charge is 2.50. The molecule has 0 atom stereocenters. The number of alkyl halides is 3. The predicted octanol–water partition coefficient (Wildman–Crippen LogP) is 3.64. The first kappa shape index (κ1) is 23.7. The highest BCUT2D eigenvalue weighted by atomic mass is 19.4. The summed E-state index contributed by atoms with van der Waals surface area (Å²) in [5.41, 5.74) is 0.786. The van der Waals surface area contributed by atoms with E-state index in [1.165, 1.54) is 11.0 Å². The number of hydrogen-bond donors (Lipinski definition) is 1. The second-order valence-corrected chi connectivity index (χ2v) is 8.91. The van der Waals surface area contributed by atoms with Crippen LogP contribution in [-0.4, -0.2) is 59.3 Å². The number of rotatable bonds is 4. The molecule has 1 N–H and O–H groups in total. The van der Waals surface area contributed by atoms with E-state index < -0.39 is 36.4 Å². The summed E-state index contributed by atoms with van der Waals surface area (Å²) in [6.45, 7) is 1.15. The van der Waals surface area contributed by atoms with Crippen LogP contribution in [0.5, 0.6) is 5.75 Å². The Kier molecular flexibility index (Phi) is 5.64. The first-order valence-corrected chi connectivity index (χ1v) is 10.9. The number of fused-ring (bicyclic) bond motifs is 1. The van der Waals surface area contributed by atoms with E-state index in [1.807, 2.05) is 0 Å². The molecular weight excluding hydrogens is 490 g/mol. The number of aromatic amines is 1. The molecule has 3 aromatic rings. The Bertz CT molecular complexity index is 1390. The van der Waals surface area contributed by atoms with Crippen molar-refractivity contribution in [2.24, 2.45) is 5.41 Å². The van der Waals surface area contributed by atoms with Crippen LogP contribution in [0.4, 0.5) is 22.4 Å². The summed E-state index contributed by atoms with van der Waals surface area (Å²) in [5.74, 6) is -2.53. The van der Waals surface area contributed by atoms with Crippen molar-refractivity contribution in [2.75, 3.05) is 26.2 Å². The second-order valence-electron chi connectivity index (χ2n) is 8.91. The van der Waals surface area contributed by atoms with Crippen LogP contribution in [0.2, 0.25) is 0 Å². The maximum atomic E-state index is 14.1. The monoisotopic (exact) mass is 509 g/mol. The van der Waals surface area contributed by atoms with Gasteiger partial charge in [0.25, 0.3) is 5.91 Å². The zero-order chi connectivity index (χ0) is 25.7. The van der Waals surface area contributed by atoms with Crippen molar-refractivity contribution in [3.63, 3.8) is 0 Å². The van der Waals surface area contributed by atoms with Crippen LogP contribution in [0.1, 0.15) is 22.3 Å². The number of benzene rings is 2. The summed E-state index contributed by atoms with van der Waals surface area (Å²) in [5, 5.41) is 0. The number of aromatic nitrogens is 1. The third-order valence-corrected chi connectivity index (χ3v) is 6.31.